The normalized spacial score (nSPS) is 10.9. The third-order valence-corrected chi connectivity index (χ3v) is 4.13. The van der Waals surface area contributed by atoms with Crippen molar-refractivity contribution in [3.8, 4) is 5.88 Å². The van der Waals surface area contributed by atoms with Crippen LogP contribution in [0.4, 0.5) is 5.69 Å². The van der Waals surface area contributed by atoms with E-state index in [1.54, 1.807) is 0 Å². The first kappa shape index (κ1) is 13.6. The zero-order valence-electron chi connectivity index (χ0n) is 9.68. The Labute approximate surface area is 117 Å². The highest BCUT2D eigenvalue weighted by Gasteiger charge is 2.10. The lowest BCUT2D eigenvalue weighted by atomic mass is 10.3. The molecule has 0 unspecified atom stereocenters. The number of carbonyl (C=O) groups is 1. The van der Waals surface area contributed by atoms with Crippen LogP contribution in [0.1, 0.15) is 4.88 Å². The summed E-state index contributed by atoms with van der Waals surface area (Å²) in [6.07, 6.45) is 1.52. The molecule has 1 aromatic heterocycles. The third kappa shape index (κ3) is 4.08. The zero-order chi connectivity index (χ0) is 13.7. The summed E-state index contributed by atoms with van der Waals surface area (Å²) in [4.78, 5) is 19.0. The van der Waals surface area contributed by atoms with E-state index < -0.39 is 5.97 Å². The number of rotatable bonds is 5. The molecular weight excluding hydrogens is 284 g/mol. The minimum absolute atomic E-state index is 0.0811. The van der Waals surface area contributed by atoms with Crippen LogP contribution < -0.4 is 0 Å². The summed E-state index contributed by atoms with van der Waals surface area (Å²) in [6, 6.07) is 9.31. The van der Waals surface area contributed by atoms with Gasteiger partial charge in [-0.15, -0.1) is 11.3 Å². The molecule has 2 rings (SSSR count). The SMILES string of the molecule is O=C(O)CSc1nc(O)c(C=Nc2ccccc2)s1. The van der Waals surface area contributed by atoms with Gasteiger partial charge in [-0.05, 0) is 12.1 Å². The van der Waals surface area contributed by atoms with Crippen molar-refractivity contribution in [1.29, 1.82) is 0 Å². The van der Waals surface area contributed by atoms with Crippen molar-refractivity contribution in [2.75, 3.05) is 5.75 Å². The average Bonchev–Trinajstić information content (AvgIpc) is 2.76. The number of aliphatic carboxylic acids is 1. The number of aromatic hydroxyl groups is 1. The second-order valence-electron chi connectivity index (χ2n) is 3.44. The Balaban J connectivity index is 2.08. The number of thiazole rings is 1. The van der Waals surface area contributed by atoms with E-state index in [0.717, 1.165) is 17.4 Å². The molecule has 0 fully saturated rings. The lowest BCUT2D eigenvalue weighted by Crippen LogP contribution is -1.96. The Morgan fingerprint density at radius 1 is 1.42 bits per heavy atom. The maximum Gasteiger partial charge on any atom is 0.313 e. The van der Waals surface area contributed by atoms with E-state index in [1.165, 1.54) is 17.6 Å². The van der Waals surface area contributed by atoms with E-state index >= 15 is 0 Å². The molecule has 19 heavy (non-hydrogen) atoms. The summed E-state index contributed by atoms with van der Waals surface area (Å²) >= 11 is 2.28. The van der Waals surface area contributed by atoms with Crippen LogP contribution >= 0.6 is 23.1 Å². The Morgan fingerprint density at radius 2 is 2.16 bits per heavy atom. The summed E-state index contributed by atoms with van der Waals surface area (Å²) in [7, 11) is 0. The van der Waals surface area contributed by atoms with Gasteiger partial charge >= 0.3 is 5.97 Å². The van der Waals surface area contributed by atoms with E-state index in [0.29, 0.717) is 9.22 Å². The predicted octanol–water partition coefficient (Wildman–Crippen LogP) is 2.78. The van der Waals surface area contributed by atoms with Gasteiger partial charge in [0.05, 0.1) is 17.7 Å². The van der Waals surface area contributed by atoms with Gasteiger partial charge in [0.2, 0.25) is 5.88 Å². The van der Waals surface area contributed by atoms with Crippen molar-refractivity contribution in [3.63, 3.8) is 0 Å². The van der Waals surface area contributed by atoms with Crippen molar-refractivity contribution >= 4 is 41.0 Å². The molecule has 0 aliphatic rings. The number of hydrogen-bond donors (Lipinski definition) is 2. The standard InChI is InChI=1S/C12H10N2O3S2/c15-10(16)7-18-12-14-11(17)9(19-12)6-13-8-4-2-1-3-5-8/h1-6,17H,7H2,(H,15,16). The van der Waals surface area contributed by atoms with Crippen LogP contribution in [0.25, 0.3) is 0 Å². The molecule has 1 heterocycles. The monoisotopic (exact) mass is 294 g/mol. The van der Waals surface area contributed by atoms with Gasteiger partial charge in [-0.2, -0.15) is 4.98 Å². The van der Waals surface area contributed by atoms with Crippen molar-refractivity contribution < 1.29 is 15.0 Å². The van der Waals surface area contributed by atoms with Gasteiger partial charge in [0, 0.05) is 0 Å². The molecule has 0 spiro atoms. The second kappa shape index (κ2) is 6.35. The highest BCUT2D eigenvalue weighted by atomic mass is 32.2. The number of para-hydroxylation sites is 1. The Hall–Kier alpha value is -1.86. The number of benzene rings is 1. The van der Waals surface area contributed by atoms with Crippen LogP contribution in [0.5, 0.6) is 5.88 Å². The van der Waals surface area contributed by atoms with E-state index in [9.17, 15) is 9.90 Å². The van der Waals surface area contributed by atoms with E-state index in [-0.39, 0.29) is 11.6 Å². The van der Waals surface area contributed by atoms with Crippen LogP contribution in [0.15, 0.2) is 39.7 Å². The number of hydrogen-bond acceptors (Lipinski definition) is 6. The maximum absolute atomic E-state index is 10.4. The minimum Gasteiger partial charge on any atom is -0.492 e. The largest absolute Gasteiger partial charge is 0.492 e. The highest BCUT2D eigenvalue weighted by molar-refractivity contribution is 8.01. The summed E-state index contributed by atoms with van der Waals surface area (Å²) in [6.45, 7) is 0. The van der Waals surface area contributed by atoms with Gasteiger partial charge in [-0.3, -0.25) is 9.79 Å². The van der Waals surface area contributed by atoms with Crippen molar-refractivity contribution in [2.24, 2.45) is 4.99 Å². The summed E-state index contributed by atoms with van der Waals surface area (Å²) in [5, 5.41) is 18.2. The van der Waals surface area contributed by atoms with Gasteiger partial charge in [0.25, 0.3) is 0 Å². The predicted molar refractivity (Wildman–Crippen MR) is 75.8 cm³/mol. The smallest absolute Gasteiger partial charge is 0.313 e. The molecule has 2 aromatic rings. The van der Waals surface area contributed by atoms with E-state index in [4.69, 9.17) is 5.11 Å². The average molecular weight is 294 g/mol. The van der Waals surface area contributed by atoms with Crippen molar-refractivity contribution in [1.82, 2.24) is 4.98 Å². The molecule has 0 saturated carbocycles. The molecular formula is C12H10N2O3S2. The topological polar surface area (TPSA) is 82.8 Å². The number of carboxylic acids is 1. The fourth-order valence-electron chi connectivity index (χ4n) is 1.22. The molecule has 2 N–H and O–H groups in total. The maximum atomic E-state index is 10.4. The fraction of sp³-hybridized carbons (Fsp3) is 0.0833. The minimum atomic E-state index is -0.917. The number of aliphatic imine (C=N–C) groups is 1. The Bertz CT molecular complexity index is 596. The molecule has 0 radical (unpaired) electrons. The summed E-state index contributed by atoms with van der Waals surface area (Å²) < 4.78 is 0.509. The summed E-state index contributed by atoms with van der Waals surface area (Å²) in [5.74, 6) is -1.13. The number of aromatic nitrogens is 1. The summed E-state index contributed by atoms with van der Waals surface area (Å²) in [5.41, 5.74) is 0.773. The molecule has 0 aliphatic carbocycles. The van der Waals surface area contributed by atoms with Crippen molar-refractivity contribution in [3.05, 3.63) is 35.2 Å². The van der Waals surface area contributed by atoms with Crippen molar-refractivity contribution in [2.45, 2.75) is 4.34 Å². The number of carboxylic acid groups (broad SMARTS) is 1. The van der Waals surface area contributed by atoms with Gasteiger partial charge in [0.15, 0.2) is 4.34 Å². The molecule has 5 nitrogen and oxygen atoms in total. The van der Waals surface area contributed by atoms with Crippen LogP contribution in [0, 0.1) is 0 Å². The molecule has 0 bridgehead atoms. The van der Waals surface area contributed by atoms with Crippen LogP contribution in [0.2, 0.25) is 0 Å². The molecule has 0 amide bonds. The highest BCUT2D eigenvalue weighted by Crippen LogP contribution is 2.30. The van der Waals surface area contributed by atoms with Crippen LogP contribution in [-0.2, 0) is 4.79 Å². The molecule has 0 aliphatic heterocycles. The Kier molecular flexibility index (Phi) is 4.53. The van der Waals surface area contributed by atoms with Gasteiger partial charge in [0.1, 0.15) is 4.88 Å². The van der Waals surface area contributed by atoms with E-state index in [2.05, 4.69) is 9.98 Å². The fourth-order valence-corrected chi connectivity index (χ4v) is 2.86. The zero-order valence-corrected chi connectivity index (χ0v) is 11.3. The number of thioether (sulfide) groups is 1. The number of nitrogens with zero attached hydrogens (tertiary/aromatic N) is 2. The molecule has 1 aromatic carbocycles. The quantitative estimate of drug-likeness (QED) is 0.654. The van der Waals surface area contributed by atoms with E-state index in [1.807, 2.05) is 30.3 Å². The first-order valence-electron chi connectivity index (χ1n) is 5.28. The first-order valence-corrected chi connectivity index (χ1v) is 7.09. The molecule has 0 saturated heterocycles. The van der Waals surface area contributed by atoms with Crippen LogP contribution in [-0.4, -0.2) is 33.1 Å². The lowest BCUT2D eigenvalue weighted by Gasteiger charge is -1.90. The second-order valence-corrected chi connectivity index (χ2v) is 5.70. The van der Waals surface area contributed by atoms with Gasteiger partial charge in [-0.1, -0.05) is 30.0 Å². The first-order chi connectivity index (χ1) is 9.15. The van der Waals surface area contributed by atoms with Gasteiger partial charge < -0.3 is 10.2 Å². The van der Waals surface area contributed by atoms with Gasteiger partial charge in [-0.25, -0.2) is 0 Å². The van der Waals surface area contributed by atoms with Crippen LogP contribution in [0.3, 0.4) is 0 Å². The molecule has 7 heteroatoms. The third-order valence-electron chi connectivity index (χ3n) is 2.02. The Morgan fingerprint density at radius 3 is 2.84 bits per heavy atom. The molecule has 0 atom stereocenters. The molecule has 98 valence electrons. The lowest BCUT2D eigenvalue weighted by molar-refractivity contribution is -0.133.